The number of hydrogen-bond donors (Lipinski definition) is 2. The first-order valence-electron chi connectivity index (χ1n) is 28.2. The normalized spacial score (nSPS) is 16.2. The van der Waals surface area contributed by atoms with Crippen molar-refractivity contribution < 1.29 is 32.8 Å². The average Bonchev–Trinajstić information content (AvgIpc) is 2.04. The molecule has 1 unspecified atom stereocenters. The SMILES string of the molecule is COc1ccc(C(OC[C@H]2O[C@@H](n3cc(CC(=O)NCCC[Si](C)(C)c4ccc5c6cccc7cccc(c8cccc4c85)c76)c(=O)[nH]c3=O)C[C@@H]2OP(OCCC#N)N(C(C)C)C(C)C)(c2ccccc2)c2ccc(OC)cc2)cc1. The third kappa shape index (κ3) is 11.7. The van der Waals surface area contributed by atoms with E-state index in [-0.39, 0.29) is 56.0 Å². The highest BCUT2D eigenvalue weighted by atomic mass is 31.2. The summed E-state index contributed by atoms with van der Waals surface area (Å²) < 4.78 is 42.4. The number of nitrogens with one attached hydrogen (secondary N) is 2. The molecule has 0 radical (unpaired) electrons. The molecule has 0 spiro atoms. The van der Waals surface area contributed by atoms with Gasteiger partial charge < -0.3 is 33.3 Å². The summed E-state index contributed by atoms with van der Waals surface area (Å²) in [6.45, 7) is 13.6. The van der Waals surface area contributed by atoms with Gasteiger partial charge in [-0.2, -0.15) is 5.26 Å². The number of nitrogens with zero attached hydrogens (tertiary/aromatic N) is 3. The summed E-state index contributed by atoms with van der Waals surface area (Å²) in [7, 11) is -0.585. The Morgan fingerprint density at radius 2 is 1.37 bits per heavy atom. The quantitative estimate of drug-likeness (QED) is 0.0148. The van der Waals surface area contributed by atoms with E-state index in [4.69, 9.17) is 28.0 Å². The molecule has 1 amide bonds. The molecule has 8 aromatic carbocycles. The topological polar surface area (TPSA) is 166 Å². The van der Waals surface area contributed by atoms with Crippen LogP contribution in [-0.2, 0) is 35.3 Å². The van der Waals surface area contributed by atoms with E-state index in [1.807, 2.05) is 78.9 Å². The van der Waals surface area contributed by atoms with Crippen molar-refractivity contribution in [2.75, 3.05) is 34.0 Å². The first-order chi connectivity index (χ1) is 39.6. The Kier molecular flexibility index (Phi) is 17.7. The molecule has 0 aliphatic carbocycles. The zero-order chi connectivity index (χ0) is 57.7. The highest BCUT2D eigenvalue weighted by molar-refractivity contribution is 7.44. The molecule has 1 aromatic heterocycles. The van der Waals surface area contributed by atoms with Crippen LogP contribution < -0.4 is 31.2 Å². The molecule has 16 heteroatoms. The van der Waals surface area contributed by atoms with E-state index in [1.54, 1.807) is 14.2 Å². The largest absolute Gasteiger partial charge is 0.497 e. The van der Waals surface area contributed by atoms with Crippen molar-refractivity contribution in [2.24, 2.45) is 0 Å². The Morgan fingerprint density at radius 1 is 0.780 bits per heavy atom. The Hall–Kier alpha value is -7.25. The summed E-state index contributed by atoms with van der Waals surface area (Å²) in [5.41, 5.74) is 0.0230. The van der Waals surface area contributed by atoms with E-state index < -0.39 is 51.9 Å². The van der Waals surface area contributed by atoms with Gasteiger partial charge in [-0.15, -0.1) is 0 Å². The Labute approximate surface area is 481 Å². The summed E-state index contributed by atoms with van der Waals surface area (Å²) >= 11 is 0. The van der Waals surface area contributed by atoms with Crippen molar-refractivity contribution in [1.82, 2.24) is 19.5 Å². The van der Waals surface area contributed by atoms with E-state index in [0.29, 0.717) is 18.0 Å². The lowest BCUT2D eigenvalue weighted by atomic mass is 9.80. The number of aromatic nitrogens is 2. The van der Waals surface area contributed by atoms with Crippen LogP contribution in [0.1, 0.15) is 75.4 Å². The number of amides is 1. The van der Waals surface area contributed by atoms with Crippen LogP contribution in [0.3, 0.4) is 0 Å². The van der Waals surface area contributed by atoms with E-state index in [0.717, 1.165) is 29.2 Å². The molecule has 1 aliphatic heterocycles. The molecular formula is C66H72N5O9PSi. The summed E-state index contributed by atoms with van der Waals surface area (Å²) in [6.07, 6.45) is -0.236. The first kappa shape index (κ1) is 58.0. The predicted octanol–water partition coefficient (Wildman–Crippen LogP) is 12.2. The van der Waals surface area contributed by atoms with Gasteiger partial charge in [-0.25, -0.2) is 9.46 Å². The maximum Gasteiger partial charge on any atom is 0.330 e. The van der Waals surface area contributed by atoms with Crippen molar-refractivity contribution in [3.05, 3.63) is 195 Å². The smallest absolute Gasteiger partial charge is 0.330 e. The number of nitriles is 1. The minimum Gasteiger partial charge on any atom is -0.497 e. The van der Waals surface area contributed by atoms with Gasteiger partial charge in [0.05, 0.1) is 60.5 Å². The summed E-state index contributed by atoms with van der Waals surface area (Å²) in [4.78, 5) is 43.8. The molecule has 14 nitrogen and oxygen atoms in total. The molecule has 1 aliphatic rings. The number of methoxy groups -OCH3 is 2. The molecule has 424 valence electrons. The van der Waals surface area contributed by atoms with Gasteiger partial charge in [-0.3, -0.25) is 19.1 Å². The molecule has 2 heterocycles. The van der Waals surface area contributed by atoms with Crippen LogP contribution in [0, 0.1) is 11.3 Å². The van der Waals surface area contributed by atoms with Gasteiger partial charge >= 0.3 is 5.69 Å². The molecule has 1 fully saturated rings. The maximum absolute atomic E-state index is 14.0. The molecule has 9 aromatic rings. The Balaban J connectivity index is 0.902. The summed E-state index contributed by atoms with van der Waals surface area (Å²) in [5, 5.41) is 24.2. The second-order valence-electron chi connectivity index (χ2n) is 22.3. The van der Waals surface area contributed by atoms with Crippen molar-refractivity contribution in [3.63, 3.8) is 0 Å². The van der Waals surface area contributed by atoms with Crippen LogP contribution >= 0.6 is 8.53 Å². The van der Waals surface area contributed by atoms with Gasteiger partial charge in [0.25, 0.3) is 14.1 Å². The fourth-order valence-corrected chi connectivity index (χ4v) is 16.6. The van der Waals surface area contributed by atoms with Crippen molar-refractivity contribution in [3.8, 4) is 17.6 Å². The fraction of sp³-hybridized carbons (Fsp3) is 0.333. The van der Waals surface area contributed by atoms with Crippen LogP contribution in [0.5, 0.6) is 11.5 Å². The monoisotopic (exact) mass is 1140 g/mol. The average molecular weight is 1140 g/mol. The highest BCUT2D eigenvalue weighted by Crippen LogP contribution is 2.51. The number of carbonyl (C=O) groups excluding carboxylic acids is 1. The van der Waals surface area contributed by atoms with E-state index in [2.05, 4.69) is 129 Å². The lowest BCUT2D eigenvalue weighted by Crippen LogP contribution is -2.42. The summed E-state index contributed by atoms with van der Waals surface area (Å²) in [6, 6.07) is 53.0. The molecule has 2 N–H and O–H groups in total. The fourth-order valence-electron chi connectivity index (χ4n) is 12.1. The van der Waals surface area contributed by atoms with Crippen LogP contribution in [0.2, 0.25) is 19.1 Å². The number of benzene rings is 8. The highest BCUT2D eigenvalue weighted by Gasteiger charge is 2.45. The van der Waals surface area contributed by atoms with Gasteiger partial charge in [0.2, 0.25) is 5.91 Å². The summed E-state index contributed by atoms with van der Waals surface area (Å²) in [5.74, 6) is 1.02. The van der Waals surface area contributed by atoms with Gasteiger partial charge in [-0.1, -0.05) is 146 Å². The van der Waals surface area contributed by atoms with Crippen molar-refractivity contribution in [1.29, 1.82) is 5.26 Å². The number of aromatic amines is 1. The van der Waals surface area contributed by atoms with Crippen molar-refractivity contribution in [2.45, 2.75) is 109 Å². The zero-order valence-electron chi connectivity index (χ0n) is 47.9. The molecule has 1 saturated heterocycles. The standard InChI is InChI=1S/C66H72N5O9PSi/c1-43(2)71(44(3)4)81(78-37-15-35-67)80-57-40-61(79-58(57)42-77-66(47-19-10-9-11-20-47,48-25-29-50(75-5)30-26-48)49-27-31-51(76-6)32-28-49)70-41-46(64(73)69-65(70)74)39-60(72)68-36-16-38-82(7,8)59-34-33-55-53-22-13-18-45-17-12-21-52(62(45)53)54-23-14-24-56(59)63(54)55/h9-14,17-34,41,43-44,57-58,61H,15-16,36-40,42H2,1-8H3,(H,68,72)(H,69,73,74)/t57-,58+,61+,81?/m0/s1. The third-order valence-corrected chi connectivity index (χ3v) is 21.6. The van der Waals surface area contributed by atoms with Gasteiger partial charge in [-0.05, 0) is 118 Å². The lowest BCUT2D eigenvalue weighted by Gasteiger charge is -2.39. The molecule has 0 saturated carbocycles. The molecule has 0 bridgehead atoms. The Morgan fingerprint density at radius 3 is 1.98 bits per heavy atom. The minimum absolute atomic E-state index is 0.00139. The second-order valence-corrected chi connectivity index (χ2v) is 28.5. The molecule has 82 heavy (non-hydrogen) atoms. The predicted molar refractivity (Wildman–Crippen MR) is 329 cm³/mol. The maximum atomic E-state index is 14.0. The number of carbonyl (C=O) groups is 1. The minimum atomic E-state index is -2.05. The zero-order valence-corrected chi connectivity index (χ0v) is 49.8. The van der Waals surface area contributed by atoms with E-state index in [1.165, 1.54) is 59.0 Å². The number of ether oxygens (including phenoxy) is 4. The second kappa shape index (κ2) is 25.1. The van der Waals surface area contributed by atoms with Gasteiger partial charge in [0.15, 0.2) is 0 Å². The third-order valence-electron chi connectivity index (χ3n) is 16.0. The van der Waals surface area contributed by atoms with Crippen LogP contribution in [0.4, 0.5) is 0 Å². The van der Waals surface area contributed by atoms with Crippen molar-refractivity contribution >= 4 is 70.8 Å². The lowest BCUT2D eigenvalue weighted by molar-refractivity contribution is -0.120. The van der Waals surface area contributed by atoms with Crippen LogP contribution in [-0.4, -0.2) is 86.5 Å². The molecule has 10 rings (SSSR count). The Bertz CT molecular complexity index is 3740. The van der Waals surface area contributed by atoms with E-state index in [9.17, 15) is 19.6 Å². The number of hydrogen-bond acceptors (Lipinski definition) is 11. The van der Waals surface area contributed by atoms with E-state index >= 15 is 0 Å². The molecular weight excluding hydrogens is 1070 g/mol. The number of H-pyrrole nitrogens is 1. The number of fused-ring (bicyclic) bond motifs is 2. The number of rotatable bonds is 24. The van der Waals surface area contributed by atoms with Gasteiger partial charge in [0, 0.05) is 36.8 Å². The van der Waals surface area contributed by atoms with Gasteiger partial charge in [0.1, 0.15) is 29.4 Å². The van der Waals surface area contributed by atoms with Crippen LogP contribution in [0.25, 0.3) is 43.1 Å². The molecule has 4 atom stereocenters. The van der Waals surface area contributed by atoms with Crippen LogP contribution in [0.15, 0.2) is 161 Å². The first-order valence-corrected chi connectivity index (χ1v) is 32.6.